The van der Waals surface area contributed by atoms with Crippen LogP contribution in [0.4, 0.5) is 17.6 Å². The van der Waals surface area contributed by atoms with Crippen LogP contribution in [0, 0.1) is 5.92 Å². The molecule has 1 unspecified atom stereocenters. The summed E-state index contributed by atoms with van der Waals surface area (Å²) in [5.41, 5.74) is 2.06. The third-order valence-electron chi connectivity index (χ3n) is 6.77. The Bertz CT molecular complexity index is 1090. The van der Waals surface area contributed by atoms with E-state index in [1.54, 1.807) is 0 Å². The van der Waals surface area contributed by atoms with Gasteiger partial charge in [-0.15, -0.1) is 5.10 Å². The molecule has 3 fully saturated rings. The van der Waals surface area contributed by atoms with Crippen molar-refractivity contribution in [1.29, 1.82) is 0 Å². The lowest BCUT2D eigenvalue weighted by Gasteiger charge is -2.25. The van der Waals surface area contributed by atoms with E-state index in [0.29, 0.717) is 35.8 Å². The van der Waals surface area contributed by atoms with Crippen LogP contribution in [-0.2, 0) is 4.79 Å². The van der Waals surface area contributed by atoms with Gasteiger partial charge in [0, 0.05) is 36.8 Å². The highest BCUT2D eigenvalue weighted by Gasteiger charge is 2.34. The number of nitrogens with one attached hydrogen (secondary N) is 3. The first kappa shape index (κ1) is 18.8. The zero-order valence-electron chi connectivity index (χ0n) is 17.5. The number of aromatic amines is 1. The highest BCUT2D eigenvalue weighted by molar-refractivity contribution is 5.87. The number of hydrogen-bond acceptors (Lipinski definition) is 7. The Morgan fingerprint density at radius 1 is 1.26 bits per heavy atom. The smallest absolute Gasteiger partial charge is 0.246 e. The van der Waals surface area contributed by atoms with Crippen molar-refractivity contribution in [3.05, 3.63) is 30.1 Å². The number of hydrogen-bond donors (Lipinski definition) is 3. The van der Waals surface area contributed by atoms with Crippen molar-refractivity contribution >= 4 is 28.9 Å². The molecular weight excluding hydrogens is 392 g/mol. The van der Waals surface area contributed by atoms with E-state index in [4.69, 9.17) is 10.1 Å². The molecule has 0 amide bonds. The van der Waals surface area contributed by atoms with Crippen LogP contribution >= 0.6 is 0 Å². The van der Waals surface area contributed by atoms with Crippen LogP contribution in [0.2, 0.25) is 0 Å². The lowest BCUT2D eigenvalue weighted by molar-refractivity contribution is -0.120. The average Bonchev–Trinajstić information content (AvgIpc) is 3.27. The van der Waals surface area contributed by atoms with Crippen LogP contribution < -0.4 is 15.5 Å². The van der Waals surface area contributed by atoms with Gasteiger partial charge >= 0.3 is 0 Å². The first-order valence-corrected chi connectivity index (χ1v) is 11.4. The summed E-state index contributed by atoms with van der Waals surface area (Å²) in [6.07, 6.45) is 7.96. The van der Waals surface area contributed by atoms with Gasteiger partial charge in [0.15, 0.2) is 17.4 Å². The summed E-state index contributed by atoms with van der Waals surface area (Å²) in [5.74, 6) is 3.46. The maximum atomic E-state index is 13.1. The summed E-state index contributed by atoms with van der Waals surface area (Å²) >= 11 is 0. The summed E-state index contributed by atoms with van der Waals surface area (Å²) in [7, 11) is 0. The topological polar surface area (TPSA) is 103 Å². The number of H-pyrrole nitrogens is 1. The summed E-state index contributed by atoms with van der Waals surface area (Å²) in [4.78, 5) is 20.0. The Labute approximate surface area is 180 Å². The van der Waals surface area contributed by atoms with Crippen LogP contribution in [0.1, 0.15) is 50.1 Å². The lowest BCUT2D eigenvalue weighted by atomic mass is 9.97. The molecule has 9 heteroatoms. The quantitative estimate of drug-likeness (QED) is 0.540. The Kier molecular flexibility index (Phi) is 4.63. The van der Waals surface area contributed by atoms with Gasteiger partial charge in [0.1, 0.15) is 5.52 Å². The molecule has 0 radical (unpaired) electrons. The van der Waals surface area contributed by atoms with Gasteiger partial charge < -0.3 is 15.5 Å². The highest BCUT2D eigenvalue weighted by Crippen LogP contribution is 2.39. The second kappa shape index (κ2) is 7.64. The van der Waals surface area contributed by atoms with E-state index in [2.05, 4.69) is 31.8 Å². The first-order chi connectivity index (χ1) is 15.2. The van der Waals surface area contributed by atoms with E-state index in [-0.39, 0.29) is 6.04 Å². The van der Waals surface area contributed by atoms with E-state index in [1.807, 2.05) is 22.8 Å². The molecule has 2 aliphatic heterocycles. The number of ketones is 1. The third-order valence-corrected chi connectivity index (χ3v) is 6.77. The number of rotatable bonds is 7. The molecule has 3 aliphatic rings. The Balaban J connectivity index is 1.27. The standard InChI is InChI=1S/C22H28N8O/c31-19(11-14-7-8-23-13-14)17-3-1-9-29(17)22-25-21(18-4-2-10-30(18)28-22)24-20-12-16(26-27-20)15-5-6-15/h2,4,10,12,14-15,17,23H,1,3,5-9,11,13H2,(H2,24,25,26,27,28)/t14?,17-/m0/s1. The van der Waals surface area contributed by atoms with Gasteiger partial charge in [0.2, 0.25) is 5.95 Å². The molecule has 1 aliphatic carbocycles. The second-order valence-corrected chi connectivity index (χ2v) is 9.09. The lowest BCUT2D eigenvalue weighted by Crippen LogP contribution is -2.38. The predicted molar refractivity (Wildman–Crippen MR) is 118 cm³/mol. The summed E-state index contributed by atoms with van der Waals surface area (Å²) in [6, 6.07) is 5.88. The van der Waals surface area contributed by atoms with Crippen LogP contribution in [0.5, 0.6) is 0 Å². The molecule has 9 nitrogen and oxygen atoms in total. The SMILES string of the molecule is O=C(CC1CCNC1)[C@@H]1CCCN1c1nc(Nc2cc(C3CC3)[nH]n2)c2cccn2n1. The molecule has 162 valence electrons. The molecule has 0 bridgehead atoms. The molecule has 31 heavy (non-hydrogen) atoms. The third kappa shape index (κ3) is 3.67. The predicted octanol–water partition coefficient (Wildman–Crippen LogP) is 2.61. The Morgan fingerprint density at radius 2 is 2.19 bits per heavy atom. The van der Waals surface area contributed by atoms with E-state index >= 15 is 0 Å². The van der Waals surface area contributed by atoms with E-state index in [1.165, 1.54) is 18.5 Å². The summed E-state index contributed by atoms with van der Waals surface area (Å²) in [6.45, 7) is 2.77. The number of aromatic nitrogens is 5. The monoisotopic (exact) mass is 420 g/mol. The molecule has 6 rings (SSSR count). The molecule has 0 spiro atoms. The molecule has 0 aromatic carbocycles. The van der Waals surface area contributed by atoms with Crippen LogP contribution in [-0.4, -0.2) is 56.3 Å². The number of fused-ring (bicyclic) bond motifs is 1. The maximum Gasteiger partial charge on any atom is 0.246 e. The number of Topliss-reactive ketones (excluding diaryl/α,β-unsaturated/α-hetero) is 1. The van der Waals surface area contributed by atoms with Gasteiger partial charge in [-0.3, -0.25) is 9.89 Å². The fourth-order valence-electron chi connectivity index (χ4n) is 4.91. The molecule has 5 heterocycles. The van der Waals surface area contributed by atoms with Gasteiger partial charge in [0.25, 0.3) is 0 Å². The van der Waals surface area contributed by atoms with Crippen LogP contribution in [0.3, 0.4) is 0 Å². The Morgan fingerprint density at radius 3 is 3.03 bits per heavy atom. The van der Waals surface area contributed by atoms with Crippen molar-refractivity contribution in [2.24, 2.45) is 5.92 Å². The molecular formula is C22H28N8O. The number of anilines is 3. The van der Waals surface area contributed by atoms with Gasteiger partial charge in [-0.2, -0.15) is 10.1 Å². The number of carbonyl (C=O) groups excluding carboxylic acids is 1. The minimum atomic E-state index is -0.131. The minimum Gasteiger partial charge on any atom is -0.329 e. The zero-order valence-corrected chi connectivity index (χ0v) is 17.5. The van der Waals surface area contributed by atoms with Crippen molar-refractivity contribution in [3.63, 3.8) is 0 Å². The number of nitrogens with zero attached hydrogens (tertiary/aromatic N) is 5. The number of carbonyl (C=O) groups is 1. The fourth-order valence-corrected chi connectivity index (χ4v) is 4.91. The molecule has 3 aromatic rings. The van der Waals surface area contributed by atoms with Crippen molar-refractivity contribution in [3.8, 4) is 0 Å². The maximum absolute atomic E-state index is 13.1. The van der Waals surface area contributed by atoms with Gasteiger partial charge in [0.05, 0.1) is 6.04 Å². The van der Waals surface area contributed by atoms with E-state index in [9.17, 15) is 4.79 Å². The van der Waals surface area contributed by atoms with Gasteiger partial charge in [-0.1, -0.05) is 0 Å². The van der Waals surface area contributed by atoms with Gasteiger partial charge in [-0.25, -0.2) is 4.52 Å². The summed E-state index contributed by atoms with van der Waals surface area (Å²) < 4.78 is 1.83. The Hall–Kier alpha value is -2.94. The van der Waals surface area contributed by atoms with Crippen molar-refractivity contribution in [1.82, 2.24) is 30.1 Å². The average molecular weight is 421 g/mol. The van der Waals surface area contributed by atoms with E-state index < -0.39 is 0 Å². The fraction of sp³-hybridized carbons (Fsp3) is 0.545. The first-order valence-electron chi connectivity index (χ1n) is 11.4. The van der Waals surface area contributed by atoms with Crippen molar-refractivity contribution < 1.29 is 4.79 Å². The molecule has 3 N–H and O–H groups in total. The second-order valence-electron chi connectivity index (χ2n) is 9.09. The van der Waals surface area contributed by atoms with Crippen molar-refractivity contribution in [2.45, 2.75) is 50.5 Å². The molecule has 2 saturated heterocycles. The van der Waals surface area contributed by atoms with Gasteiger partial charge in [-0.05, 0) is 63.2 Å². The largest absolute Gasteiger partial charge is 0.329 e. The van der Waals surface area contributed by atoms with Crippen LogP contribution in [0.25, 0.3) is 5.52 Å². The summed E-state index contributed by atoms with van der Waals surface area (Å²) in [5, 5.41) is 19.0. The van der Waals surface area contributed by atoms with Crippen molar-refractivity contribution in [2.75, 3.05) is 29.9 Å². The molecule has 3 aromatic heterocycles. The molecule has 2 atom stereocenters. The van der Waals surface area contributed by atoms with Crippen LogP contribution in [0.15, 0.2) is 24.4 Å². The molecule has 1 saturated carbocycles. The normalized spacial score (nSPS) is 23.7. The van der Waals surface area contributed by atoms with E-state index in [0.717, 1.165) is 50.2 Å². The zero-order chi connectivity index (χ0) is 20.8. The highest BCUT2D eigenvalue weighted by atomic mass is 16.1. The minimum absolute atomic E-state index is 0.131.